The number of carbonyl (C=O) groups is 1. The van der Waals surface area contributed by atoms with Crippen molar-refractivity contribution in [2.75, 3.05) is 43.9 Å². The van der Waals surface area contributed by atoms with Gasteiger partial charge in [0.1, 0.15) is 0 Å². The van der Waals surface area contributed by atoms with E-state index in [0.717, 1.165) is 88.7 Å². The number of benzene rings is 2. The number of fused-ring (bicyclic) bond motifs is 2. The fraction of sp³-hybridized carbons (Fsp3) is 0.378. The maximum absolute atomic E-state index is 12.5. The summed E-state index contributed by atoms with van der Waals surface area (Å²) in [5.41, 5.74) is 6.02. The topological polar surface area (TPSA) is 91.6 Å². The van der Waals surface area contributed by atoms with Crippen LogP contribution in [0.15, 0.2) is 73.1 Å². The predicted octanol–water partition coefficient (Wildman–Crippen LogP) is 6.54. The minimum atomic E-state index is 0.0985. The van der Waals surface area contributed by atoms with Crippen molar-refractivity contribution < 1.29 is 4.79 Å². The van der Waals surface area contributed by atoms with E-state index in [1.54, 1.807) is 6.08 Å². The lowest BCUT2D eigenvalue weighted by atomic mass is 9.97. The Balaban J connectivity index is 1.28. The Hall–Kier alpha value is -4.63. The standard InChI is InChI=1S/C37H44N8O/c1-25(2)33-24-40-45-35(33)41-37(44-19-15-26(3)16-20-44)42-36(45)39-23-29-9-6-7-11-31(29)34-32-13-12-27(21-28(32)14-17-38-34)22-30(46)10-8-18-43(4)5/h6-14,17,21,24-26H,15-16,18-20,22-23H2,1-5H3,(H,39,41,42)/b10-8+. The van der Waals surface area contributed by atoms with Crippen molar-refractivity contribution in [3.63, 3.8) is 0 Å². The summed E-state index contributed by atoms with van der Waals surface area (Å²) in [7, 11) is 3.97. The number of allylic oxidation sites excluding steroid dienone is 1. The van der Waals surface area contributed by atoms with Crippen LogP contribution in [-0.2, 0) is 17.8 Å². The molecule has 0 radical (unpaired) electrons. The van der Waals surface area contributed by atoms with Crippen LogP contribution in [0.4, 0.5) is 11.9 Å². The van der Waals surface area contributed by atoms with Crippen LogP contribution in [0.2, 0.25) is 0 Å². The Labute approximate surface area is 271 Å². The van der Waals surface area contributed by atoms with Gasteiger partial charge in [0.15, 0.2) is 11.4 Å². The molecule has 5 aromatic rings. The molecule has 0 unspecified atom stereocenters. The second-order valence-electron chi connectivity index (χ2n) is 13.0. The van der Waals surface area contributed by atoms with Gasteiger partial charge in [-0.05, 0) is 67.4 Å². The highest BCUT2D eigenvalue weighted by molar-refractivity contribution is 5.97. The molecular weight excluding hydrogens is 572 g/mol. The number of anilines is 2. The van der Waals surface area contributed by atoms with Crippen molar-refractivity contribution >= 4 is 34.1 Å². The Bertz CT molecular complexity index is 1870. The van der Waals surface area contributed by atoms with Crippen molar-refractivity contribution in [2.24, 2.45) is 5.92 Å². The molecule has 1 aliphatic rings. The summed E-state index contributed by atoms with van der Waals surface area (Å²) >= 11 is 0. The molecule has 0 atom stereocenters. The SMILES string of the molecule is CC1CCN(c2nc(NCc3ccccc3-c3nccc4cc(CC(=O)/C=C/CN(C)C)ccc34)n3ncc(C(C)C)c3n2)CC1. The van der Waals surface area contributed by atoms with Crippen molar-refractivity contribution in [1.29, 1.82) is 0 Å². The number of hydrogen-bond donors (Lipinski definition) is 1. The highest BCUT2D eigenvalue weighted by atomic mass is 16.1. The molecule has 1 N–H and O–H groups in total. The Morgan fingerprint density at radius 3 is 2.67 bits per heavy atom. The van der Waals surface area contributed by atoms with Gasteiger partial charge in [-0.2, -0.15) is 19.6 Å². The molecule has 0 bridgehead atoms. The van der Waals surface area contributed by atoms with Crippen LogP contribution < -0.4 is 10.2 Å². The van der Waals surface area contributed by atoms with Gasteiger partial charge in [-0.25, -0.2) is 0 Å². The lowest BCUT2D eigenvalue weighted by molar-refractivity contribution is -0.114. The van der Waals surface area contributed by atoms with Crippen LogP contribution in [0.25, 0.3) is 27.7 Å². The second-order valence-corrected chi connectivity index (χ2v) is 13.0. The number of aromatic nitrogens is 5. The van der Waals surface area contributed by atoms with E-state index in [2.05, 4.69) is 61.3 Å². The average Bonchev–Trinajstić information content (AvgIpc) is 3.48. The maximum Gasteiger partial charge on any atom is 0.230 e. The van der Waals surface area contributed by atoms with Crippen molar-refractivity contribution in [3.8, 4) is 11.3 Å². The van der Waals surface area contributed by atoms with E-state index in [1.807, 2.05) is 60.2 Å². The fourth-order valence-electron chi connectivity index (χ4n) is 6.04. The van der Waals surface area contributed by atoms with Crippen LogP contribution in [0.5, 0.6) is 0 Å². The Morgan fingerprint density at radius 1 is 1.09 bits per heavy atom. The van der Waals surface area contributed by atoms with Gasteiger partial charge < -0.3 is 15.1 Å². The van der Waals surface area contributed by atoms with E-state index >= 15 is 0 Å². The molecule has 46 heavy (non-hydrogen) atoms. The van der Waals surface area contributed by atoms with E-state index in [9.17, 15) is 4.79 Å². The number of ketones is 1. The summed E-state index contributed by atoms with van der Waals surface area (Å²) in [6, 6.07) is 16.6. The third-order valence-corrected chi connectivity index (χ3v) is 8.76. The molecule has 1 saturated heterocycles. The molecule has 9 nitrogen and oxygen atoms in total. The normalized spacial score (nSPS) is 14.4. The number of carbonyl (C=O) groups excluding carboxylic acids is 1. The van der Waals surface area contributed by atoms with Gasteiger partial charge in [0.05, 0.1) is 11.9 Å². The highest BCUT2D eigenvalue weighted by Gasteiger charge is 2.22. The Morgan fingerprint density at radius 2 is 1.89 bits per heavy atom. The van der Waals surface area contributed by atoms with E-state index in [-0.39, 0.29) is 5.78 Å². The summed E-state index contributed by atoms with van der Waals surface area (Å²) in [6.45, 7) is 9.87. The quantitative estimate of drug-likeness (QED) is 0.167. The first-order chi connectivity index (χ1) is 22.3. The number of rotatable bonds is 11. The van der Waals surface area contributed by atoms with E-state index < -0.39 is 0 Å². The number of nitrogens with one attached hydrogen (secondary N) is 1. The van der Waals surface area contributed by atoms with Crippen molar-refractivity contribution in [2.45, 2.75) is 52.5 Å². The number of piperidine rings is 1. The number of likely N-dealkylation sites (N-methyl/N-ethyl adjacent to an activating group) is 1. The fourth-order valence-corrected chi connectivity index (χ4v) is 6.04. The largest absolute Gasteiger partial charge is 0.350 e. The first-order valence-corrected chi connectivity index (χ1v) is 16.3. The lowest BCUT2D eigenvalue weighted by Crippen LogP contribution is -2.34. The molecule has 1 aliphatic heterocycles. The molecule has 9 heteroatoms. The predicted molar refractivity (Wildman–Crippen MR) is 186 cm³/mol. The summed E-state index contributed by atoms with van der Waals surface area (Å²) in [6.07, 6.45) is 10.0. The first kappa shape index (κ1) is 31.4. The molecule has 238 valence electrons. The van der Waals surface area contributed by atoms with Crippen LogP contribution in [0.1, 0.15) is 56.2 Å². The molecule has 0 amide bonds. The molecule has 1 fully saturated rings. The van der Waals surface area contributed by atoms with Crippen LogP contribution in [0, 0.1) is 5.92 Å². The number of pyridine rings is 1. The summed E-state index contributed by atoms with van der Waals surface area (Å²) in [5, 5.41) is 10.4. The third-order valence-electron chi connectivity index (χ3n) is 8.76. The molecule has 0 spiro atoms. The van der Waals surface area contributed by atoms with E-state index in [0.29, 0.717) is 24.8 Å². The molecule has 2 aromatic carbocycles. The van der Waals surface area contributed by atoms with E-state index in [1.165, 1.54) is 0 Å². The summed E-state index contributed by atoms with van der Waals surface area (Å²) < 4.78 is 1.84. The van der Waals surface area contributed by atoms with Gasteiger partial charge >= 0.3 is 0 Å². The average molecular weight is 617 g/mol. The first-order valence-electron chi connectivity index (χ1n) is 16.3. The van der Waals surface area contributed by atoms with Crippen LogP contribution in [0.3, 0.4) is 0 Å². The molecule has 0 aliphatic carbocycles. The maximum atomic E-state index is 12.5. The third kappa shape index (κ3) is 6.94. The zero-order chi connectivity index (χ0) is 32.2. The zero-order valence-electron chi connectivity index (χ0n) is 27.6. The second kappa shape index (κ2) is 13.8. The van der Waals surface area contributed by atoms with Crippen LogP contribution >= 0.6 is 0 Å². The monoisotopic (exact) mass is 616 g/mol. The molecule has 0 saturated carbocycles. The van der Waals surface area contributed by atoms with Gasteiger partial charge in [-0.15, -0.1) is 0 Å². The Kier molecular flexibility index (Phi) is 9.40. The van der Waals surface area contributed by atoms with Crippen molar-refractivity contribution in [3.05, 3.63) is 89.8 Å². The number of nitrogens with zero attached hydrogens (tertiary/aromatic N) is 7. The van der Waals surface area contributed by atoms with Gasteiger partial charge in [-0.1, -0.05) is 69.3 Å². The van der Waals surface area contributed by atoms with Gasteiger partial charge in [0.25, 0.3) is 0 Å². The van der Waals surface area contributed by atoms with Crippen LogP contribution in [-0.4, -0.2) is 69.0 Å². The minimum absolute atomic E-state index is 0.0985. The van der Waals surface area contributed by atoms with Gasteiger partial charge in [-0.3, -0.25) is 9.78 Å². The van der Waals surface area contributed by atoms with E-state index in [4.69, 9.17) is 20.1 Å². The smallest absolute Gasteiger partial charge is 0.230 e. The lowest BCUT2D eigenvalue weighted by Gasteiger charge is -2.30. The zero-order valence-corrected chi connectivity index (χ0v) is 27.6. The van der Waals surface area contributed by atoms with Gasteiger partial charge in [0, 0.05) is 55.3 Å². The molecule has 3 aromatic heterocycles. The number of hydrogen-bond acceptors (Lipinski definition) is 8. The van der Waals surface area contributed by atoms with Gasteiger partial charge in [0.2, 0.25) is 11.9 Å². The molecular formula is C37H44N8O. The molecule has 6 rings (SSSR count). The van der Waals surface area contributed by atoms with Crippen molar-refractivity contribution in [1.82, 2.24) is 29.5 Å². The minimum Gasteiger partial charge on any atom is -0.350 e. The summed E-state index contributed by atoms with van der Waals surface area (Å²) in [4.78, 5) is 31.7. The molecule has 4 heterocycles. The highest BCUT2D eigenvalue weighted by Crippen LogP contribution is 2.31. The summed E-state index contributed by atoms with van der Waals surface area (Å²) in [5.74, 6) is 2.56.